The van der Waals surface area contributed by atoms with Crippen molar-refractivity contribution < 1.29 is 13.6 Å². The van der Waals surface area contributed by atoms with E-state index in [0.29, 0.717) is 16.1 Å². The summed E-state index contributed by atoms with van der Waals surface area (Å²) in [6, 6.07) is 12.8. The number of amides is 1. The molecule has 1 amide bonds. The molecule has 1 heterocycles. The van der Waals surface area contributed by atoms with Gasteiger partial charge in [0.15, 0.2) is 0 Å². The zero-order valence-corrected chi connectivity index (χ0v) is 16.2. The molecule has 140 valence electrons. The van der Waals surface area contributed by atoms with E-state index in [2.05, 4.69) is 15.5 Å². The van der Waals surface area contributed by atoms with E-state index < -0.39 is 5.25 Å². The largest absolute Gasteiger partial charge is 0.411 e. The van der Waals surface area contributed by atoms with Gasteiger partial charge < -0.3 is 9.73 Å². The van der Waals surface area contributed by atoms with Crippen LogP contribution in [0.1, 0.15) is 25.5 Å². The molecule has 0 spiro atoms. The van der Waals surface area contributed by atoms with E-state index >= 15 is 0 Å². The first kappa shape index (κ1) is 19.4. The van der Waals surface area contributed by atoms with Gasteiger partial charge in [0.05, 0.1) is 11.3 Å². The van der Waals surface area contributed by atoms with Crippen LogP contribution in [0.5, 0.6) is 0 Å². The van der Waals surface area contributed by atoms with Gasteiger partial charge in [0, 0.05) is 10.6 Å². The number of hydrogen-bond donors (Lipinski definition) is 1. The molecule has 0 fully saturated rings. The fourth-order valence-electron chi connectivity index (χ4n) is 2.34. The molecule has 8 heteroatoms. The first-order valence-electron chi connectivity index (χ1n) is 8.24. The monoisotopic (exact) mass is 405 g/mol. The maximum atomic E-state index is 13.0. The molecule has 2 aromatic carbocycles. The number of nitrogens with zero attached hydrogens (tertiary/aromatic N) is 2. The second-order valence-corrected chi connectivity index (χ2v) is 7.65. The van der Waals surface area contributed by atoms with Gasteiger partial charge in [-0.15, -0.1) is 10.2 Å². The Morgan fingerprint density at radius 3 is 2.44 bits per heavy atom. The van der Waals surface area contributed by atoms with Gasteiger partial charge in [-0.3, -0.25) is 4.79 Å². The SMILES string of the molecule is C[C@@H](Sc1nnc(-c2ccc(Cl)cc2)o1)C(=O)N[C@H](C)c1ccc(F)cc1. The van der Waals surface area contributed by atoms with E-state index in [1.54, 1.807) is 43.3 Å². The molecule has 3 rings (SSSR count). The molecular formula is C19H17ClFN3O2S. The van der Waals surface area contributed by atoms with Crippen molar-refractivity contribution in [1.82, 2.24) is 15.5 Å². The summed E-state index contributed by atoms with van der Waals surface area (Å²) < 4.78 is 18.6. The van der Waals surface area contributed by atoms with Crippen LogP contribution in [0.2, 0.25) is 5.02 Å². The van der Waals surface area contributed by atoms with Crippen molar-refractivity contribution in [2.75, 3.05) is 0 Å². The molecular weight excluding hydrogens is 389 g/mol. The van der Waals surface area contributed by atoms with E-state index in [9.17, 15) is 9.18 Å². The van der Waals surface area contributed by atoms with E-state index in [0.717, 1.165) is 11.1 Å². The van der Waals surface area contributed by atoms with Crippen molar-refractivity contribution in [3.63, 3.8) is 0 Å². The highest BCUT2D eigenvalue weighted by Gasteiger charge is 2.20. The minimum Gasteiger partial charge on any atom is -0.411 e. The Kier molecular flexibility index (Phi) is 6.13. The third kappa shape index (κ3) is 5.08. The zero-order chi connectivity index (χ0) is 19.4. The molecule has 0 unspecified atom stereocenters. The van der Waals surface area contributed by atoms with Gasteiger partial charge in [-0.2, -0.15) is 0 Å². The van der Waals surface area contributed by atoms with Crippen LogP contribution in [-0.4, -0.2) is 21.4 Å². The summed E-state index contributed by atoms with van der Waals surface area (Å²) >= 11 is 7.04. The van der Waals surface area contributed by atoms with Crippen LogP contribution in [0.3, 0.4) is 0 Å². The predicted octanol–water partition coefficient (Wildman–Crippen LogP) is 4.89. The molecule has 0 aliphatic heterocycles. The number of carbonyl (C=O) groups is 1. The van der Waals surface area contributed by atoms with Crippen LogP contribution < -0.4 is 5.32 Å². The molecule has 1 aromatic heterocycles. The van der Waals surface area contributed by atoms with Crippen LogP contribution in [0.25, 0.3) is 11.5 Å². The molecule has 0 saturated carbocycles. The quantitative estimate of drug-likeness (QED) is 0.591. The highest BCUT2D eigenvalue weighted by atomic mass is 35.5. The maximum Gasteiger partial charge on any atom is 0.277 e. The van der Waals surface area contributed by atoms with Crippen LogP contribution in [0.4, 0.5) is 4.39 Å². The van der Waals surface area contributed by atoms with Crippen LogP contribution in [-0.2, 0) is 4.79 Å². The number of carbonyl (C=O) groups excluding carboxylic acids is 1. The van der Waals surface area contributed by atoms with Crippen LogP contribution in [0, 0.1) is 5.82 Å². The van der Waals surface area contributed by atoms with Gasteiger partial charge >= 0.3 is 0 Å². The third-order valence-corrected chi connectivity index (χ3v) is 5.06. The molecule has 0 aliphatic carbocycles. The first-order valence-corrected chi connectivity index (χ1v) is 9.50. The third-order valence-electron chi connectivity index (χ3n) is 3.87. The van der Waals surface area contributed by atoms with E-state index in [4.69, 9.17) is 16.0 Å². The van der Waals surface area contributed by atoms with Crippen LogP contribution >= 0.6 is 23.4 Å². The number of rotatable bonds is 6. The molecule has 27 heavy (non-hydrogen) atoms. The van der Waals surface area contributed by atoms with E-state index in [1.807, 2.05) is 6.92 Å². The number of thioether (sulfide) groups is 1. The topological polar surface area (TPSA) is 68.0 Å². The molecule has 0 bridgehead atoms. The van der Waals surface area contributed by atoms with Crippen LogP contribution in [0.15, 0.2) is 58.2 Å². The van der Waals surface area contributed by atoms with E-state index in [1.165, 1.54) is 23.9 Å². The zero-order valence-electron chi connectivity index (χ0n) is 14.6. The Labute approximate surface area is 165 Å². The lowest BCUT2D eigenvalue weighted by Crippen LogP contribution is -2.33. The van der Waals surface area contributed by atoms with Crippen molar-refractivity contribution in [2.24, 2.45) is 0 Å². The van der Waals surface area contributed by atoms with Crippen molar-refractivity contribution in [3.8, 4) is 11.5 Å². The van der Waals surface area contributed by atoms with Gasteiger partial charge in [-0.1, -0.05) is 35.5 Å². The summed E-state index contributed by atoms with van der Waals surface area (Å²) in [5, 5.41) is 11.4. The van der Waals surface area contributed by atoms with Crippen molar-refractivity contribution in [2.45, 2.75) is 30.4 Å². The lowest BCUT2D eigenvalue weighted by atomic mass is 10.1. The van der Waals surface area contributed by atoms with Gasteiger partial charge in [0.1, 0.15) is 5.82 Å². The lowest BCUT2D eigenvalue weighted by molar-refractivity contribution is -0.120. The van der Waals surface area contributed by atoms with Gasteiger partial charge in [0.25, 0.3) is 5.22 Å². The molecule has 2 atom stereocenters. The van der Waals surface area contributed by atoms with Gasteiger partial charge in [0.2, 0.25) is 11.8 Å². The number of hydrogen-bond acceptors (Lipinski definition) is 5. The Balaban J connectivity index is 1.59. The highest BCUT2D eigenvalue weighted by Crippen LogP contribution is 2.27. The summed E-state index contributed by atoms with van der Waals surface area (Å²) in [4.78, 5) is 12.4. The lowest BCUT2D eigenvalue weighted by Gasteiger charge is -2.16. The summed E-state index contributed by atoms with van der Waals surface area (Å²) in [6.45, 7) is 3.59. The Hall–Kier alpha value is -2.38. The molecule has 3 aromatic rings. The number of aromatic nitrogens is 2. The Morgan fingerprint density at radius 2 is 1.78 bits per heavy atom. The number of benzene rings is 2. The minimum absolute atomic E-state index is 0.178. The Morgan fingerprint density at radius 1 is 1.11 bits per heavy atom. The highest BCUT2D eigenvalue weighted by molar-refractivity contribution is 8.00. The molecule has 1 N–H and O–H groups in total. The average Bonchev–Trinajstić information content (AvgIpc) is 3.11. The predicted molar refractivity (Wildman–Crippen MR) is 103 cm³/mol. The fraction of sp³-hybridized carbons (Fsp3) is 0.211. The number of nitrogens with one attached hydrogen (secondary N) is 1. The van der Waals surface area contributed by atoms with Crippen molar-refractivity contribution in [3.05, 3.63) is 64.9 Å². The van der Waals surface area contributed by atoms with E-state index in [-0.39, 0.29) is 17.8 Å². The smallest absolute Gasteiger partial charge is 0.277 e. The second kappa shape index (κ2) is 8.54. The normalized spacial score (nSPS) is 13.2. The summed E-state index contributed by atoms with van der Waals surface area (Å²) in [5.74, 6) is -0.126. The van der Waals surface area contributed by atoms with Gasteiger partial charge in [-0.25, -0.2) is 4.39 Å². The minimum atomic E-state index is -0.439. The fourth-order valence-corrected chi connectivity index (χ4v) is 3.16. The Bertz CT molecular complexity index is 915. The van der Waals surface area contributed by atoms with Crippen molar-refractivity contribution in [1.29, 1.82) is 0 Å². The standard InChI is InChI=1S/C19H17ClFN3O2S/c1-11(13-5-9-16(21)10-6-13)22-17(25)12(2)27-19-24-23-18(26-19)14-3-7-15(20)8-4-14/h3-12H,1-2H3,(H,22,25)/t11-,12-/m1/s1. The molecule has 0 saturated heterocycles. The van der Waals surface area contributed by atoms with Gasteiger partial charge in [-0.05, 0) is 55.8 Å². The summed E-state index contributed by atoms with van der Waals surface area (Å²) in [6.07, 6.45) is 0. The van der Waals surface area contributed by atoms with Crippen molar-refractivity contribution >= 4 is 29.3 Å². The second-order valence-electron chi connectivity index (χ2n) is 5.92. The first-order chi connectivity index (χ1) is 12.9. The molecule has 0 radical (unpaired) electrons. The molecule has 5 nitrogen and oxygen atoms in total. The summed E-state index contributed by atoms with van der Waals surface area (Å²) in [5.41, 5.74) is 1.57. The summed E-state index contributed by atoms with van der Waals surface area (Å²) in [7, 11) is 0. The average molecular weight is 406 g/mol. The molecule has 0 aliphatic rings. The maximum absolute atomic E-state index is 13.0. The number of halogens is 2.